The first-order valence-electron chi connectivity index (χ1n) is 10.3. The second kappa shape index (κ2) is 7.50. The number of nitrogens with zero attached hydrogens (tertiary/aromatic N) is 4. The molecule has 3 N–H and O–H groups in total. The minimum atomic E-state index is 0.232. The fourth-order valence-electron chi connectivity index (χ4n) is 4.27. The molecule has 2 radical (unpaired) electrons. The van der Waals surface area contributed by atoms with Crippen molar-refractivity contribution in [3.63, 3.8) is 0 Å². The number of aromatic nitrogens is 3. The van der Waals surface area contributed by atoms with E-state index in [0.29, 0.717) is 5.65 Å². The van der Waals surface area contributed by atoms with Gasteiger partial charge in [0.25, 0.3) is 0 Å². The molecule has 1 saturated carbocycles. The molecule has 0 bridgehead atoms. The summed E-state index contributed by atoms with van der Waals surface area (Å²) in [6, 6.07) is 12.1. The standard InChI is InChI=1S/C23H24N6O/c1-14-2-11-19(30-14)15-5-9-18(10-6-15)27-21-20(16-3-7-17(24)8-4-16)22(25)28-29-13-12-26-23(21)29/h2,5-6,9-13,16-17,25H,3-4,7-8,24H2,1H3/t16-,17-. The summed E-state index contributed by atoms with van der Waals surface area (Å²) < 4.78 is 7.35. The molecule has 1 fully saturated rings. The van der Waals surface area contributed by atoms with Crippen molar-refractivity contribution < 1.29 is 4.42 Å². The molecule has 0 aliphatic heterocycles. The van der Waals surface area contributed by atoms with E-state index in [0.717, 1.165) is 59.7 Å². The Morgan fingerprint density at radius 3 is 2.57 bits per heavy atom. The van der Waals surface area contributed by atoms with Crippen LogP contribution in [0.2, 0.25) is 0 Å². The van der Waals surface area contributed by atoms with Gasteiger partial charge in [0, 0.05) is 29.6 Å². The Labute approximate surface area is 175 Å². The Morgan fingerprint density at radius 2 is 1.87 bits per heavy atom. The van der Waals surface area contributed by atoms with Crippen molar-refractivity contribution in [2.45, 2.75) is 44.6 Å². The van der Waals surface area contributed by atoms with E-state index in [9.17, 15) is 0 Å². The van der Waals surface area contributed by atoms with Gasteiger partial charge >= 0.3 is 0 Å². The summed E-state index contributed by atoms with van der Waals surface area (Å²) >= 11 is 0. The first-order valence-corrected chi connectivity index (χ1v) is 10.3. The lowest BCUT2D eigenvalue weighted by atomic mass is 9.81. The highest BCUT2D eigenvalue weighted by Gasteiger charge is 2.28. The van der Waals surface area contributed by atoms with E-state index in [1.165, 1.54) is 0 Å². The van der Waals surface area contributed by atoms with Crippen LogP contribution in [0.3, 0.4) is 0 Å². The van der Waals surface area contributed by atoms with Crippen molar-refractivity contribution in [2.24, 2.45) is 5.73 Å². The lowest BCUT2D eigenvalue weighted by Gasteiger charge is -2.28. The van der Waals surface area contributed by atoms with Gasteiger partial charge in [-0.3, -0.25) is 5.73 Å². The smallest absolute Gasteiger partial charge is 0.179 e. The highest BCUT2D eigenvalue weighted by molar-refractivity contribution is 5.75. The van der Waals surface area contributed by atoms with Crippen LogP contribution in [0.25, 0.3) is 17.0 Å². The highest BCUT2D eigenvalue weighted by atomic mass is 16.3. The van der Waals surface area contributed by atoms with Crippen LogP contribution in [0.15, 0.2) is 53.2 Å². The van der Waals surface area contributed by atoms with Gasteiger partial charge in [0.1, 0.15) is 17.2 Å². The monoisotopic (exact) mass is 400 g/mol. The predicted octanol–water partition coefficient (Wildman–Crippen LogP) is 4.76. The third-order valence-electron chi connectivity index (χ3n) is 5.86. The molecule has 0 amide bonds. The average Bonchev–Trinajstić information content (AvgIpc) is 3.38. The summed E-state index contributed by atoms with van der Waals surface area (Å²) in [6.45, 7) is 1.94. The van der Waals surface area contributed by atoms with Crippen molar-refractivity contribution in [2.75, 3.05) is 0 Å². The molecule has 1 aromatic carbocycles. The zero-order valence-corrected chi connectivity index (χ0v) is 16.9. The normalized spacial score (nSPS) is 19.3. The number of rotatable bonds is 4. The third kappa shape index (κ3) is 3.41. The number of hydrogen-bond donors (Lipinski definition) is 1. The Kier molecular flexibility index (Phi) is 4.67. The van der Waals surface area contributed by atoms with Gasteiger partial charge < -0.3 is 10.2 Å². The topological polar surface area (TPSA) is 107 Å². The second-order valence-electron chi connectivity index (χ2n) is 7.99. The van der Waals surface area contributed by atoms with Gasteiger partial charge in [0.2, 0.25) is 0 Å². The molecule has 30 heavy (non-hydrogen) atoms. The Hall–Kier alpha value is -3.32. The Balaban J connectivity index is 1.51. The zero-order chi connectivity index (χ0) is 20.7. The van der Waals surface area contributed by atoms with E-state index in [1.54, 1.807) is 16.9 Å². The fourth-order valence-corrected chi connectivity index (χ4v) is 4.27. The van der Waals surface area contributed by atoms with Gasteiger partial charge in [-0.25, -0.2) is 14.8 Å². The molecule has 0 spiro atoms. The summed E-state index contributed by atoms with van der Waals surface area (Å²) in [5, 5.41) is 9.34. The van der Waals surface area contributed by atoms with Crippen LogP contribution >= 0.6 is 0 Å². The maximum atomic E-state index is 8.57. The van der Waals surface area contributed by atoms with E-state index < -0.39 is 0 Å². The second-order valence-corrected chi connectivity index (χ2v) is 7.99. The average molecular weight is 400 g/mol. The fraction of sp³-hybridized carbons (Fsp3) is 0.304. The summed E-state index contributed by atoms with van der Waals surface area (Å²) in [4.78, 5) is 4.48. The van der Waals surface area contributed by atoms with E-state index >= 15 is 0 Å². The molecular formula is C23H24N6O. The Morgan fingerprint density at radius 1 is 1.10 bits per heavy atom. The van der Waals surface area contributed by atoms with E-state index in [1.807, 2.05) is 43.3 Å². The van der Waals surface area contributed by atoms with Crippen LogP contribution in [0.5, 0.6) is 0 Å². The largest absolute Gasteiger partial charge is 0.461 e. The highest BCUT2D eigenvalue weighted by Crippen LogP contribution is 2.41. The molecule has 1 aliphatic carbocycles. The zero-order valence-electron chi connectivity index (χ0n) is 16.9. The quantitative estimate of drug-likeness (QED) is 0.532. The van der Waals surface area contributed by atoms with E-state index in [2.05, 4.69) is 10.1 Å². The van der Waals surface area contributed by atoms with Gasteiger partial charge in [-0.05, 0) is 74.9 Å². The lowest BCUT2D eigenvalue weighted by molar-refractivity contribution is 0.395. The maximum absolute atomic E-state index is 8.57. The van der Waals surface area contributed by atoms with Gasteiger partial charge in [-0.1, -0.05) is 0 Å². The van der Waals surface area contributed by atoms with Crippen LogP contribution in [0.1, 0.15) is 42.9 Å². The number of imidazole rings is 1. The van der Waals surface area contributed by atoms with Crippen molar-refractivity contribution >= 4 is 22.8 Å². The molecule has 0 saturated heterocycles. The van der Waals surface area contributed by atoms with Crippen molar-refractivity contribution in [3.05, 3.63) is 60.1 Å². The summed E-state index contributed by atoms with van der Waals surface area (Å²) in [6.07, 6.45) is 7.27. The number of benzene rings is 1. The molecule has 4 aromatic rings. The number of nitrogens with one attached hydrogen (secondary N) is 1. The summed E-state index contributed by atoms with van der Waals surface area (Å²) in [7, 11) is 0. The van der Waals surface area contributed by atoms with Crippen LogP contribution in [0.4, 0.5) is 17.2 Å². The molecular weight excluding hydrogens is 376 g/mol. The van der Waals surface area contributed by atoms with Gasteiger partial charge in [0.05, 0.1) is 5.69 Å². The molecule has 3 aromatic heterocycles. The summed E-state index contributed by atoms with van der Waals surface area (Å²) in [5.41, 5.74) is 18.8. The Bertz CT molecular complexity index is 1170. The SMILES string of the molecule is Cc1ccc(-c2ccc([N]c3c4nccn4nc([NH])c3[C@H]3CC[C@H](N)CC3)cc2)o1. The number of fused-ring (bicyclic) bond motifs is 1. The lowest BCUT2D eigenvalue weighted by Crippen LogP contribution is -2.26. The third-order valence-corrected chi connectivity index (χ3v) is 5.86. The minimum absolute atomic E-state index is 0.232. The van der Waals surface area contributed by atoms with Crippen molar-refractivity contribution in [1.82, 2.24) is 25.6 Å². The first-order chi connectivity index (χ1) is 14.6. The van der Waals surface area contributed by atoms with Gasteiger partial charge in [-0.2, -0.15) is 0 Å². The number of furan rings is 1. The van der Waals surface area contributed by atoms with E-state index in [-0.39, 0.29) is 17.8 Å². The van der Waals surface area contributed by atoms with Crippen molar-refractivity contribution in [3.8, 4) is 11.3 Å². The number of aryl methyl sites for hydroxylation is 1. The maximum Gasteiger partial charge on any atom is 0.179 e. The minimum Gasteiger partial charge on any atom is -0.461 e. The summed E-state index contributed by atoms with van der Waals surface area (Å²) in [5.74, 6) is 2.22. The van der Waals surface area contributed by atoms with Crippen LogP contribution in [-0.2, 0) is 0 Å². The predicted molar refractivity (Wildman–Crippen MR) is 115 cm³/mol. The van der Waals surface area contributed by atoms with Crippen LogP contribution in [-0.4, -0.2) is 20.6 Å². The van der Waals surface area contributed by atoms with Crippen LogP contribution < -0.4 is 16.8 Å². The first kappa shape index (κ1) is 18.7. The molecule has 1 aliphatic rings. The molecule has 7 nitrogen and oxygen atoms in total. The molecule has 152 valence electrons. The van der Waals surface area contributed by atoms with E-state index in [4.69, 9.17) is 21.2 Å². The van der Waals surface area contributed by atoms with Crippen molar-refractivity contribution in [1.29, 1.82) is 0 Å². The number of hydrogen-bond acceptors (Lipinski definition) is 4. The molecule has 5 rings (SSSR count). The van der Waals surface area contributed by atoms with Gasteiger partial charge in [0.15, 0.2) is 11.5 Å². The molecule has 7 heteroatoms. The van der Waals surface area contributed by atoms with Gasteiger partial charge in [-0.15, -0.1) is 5.10 Å². The molecule has 3 heterocycles. The molecule has 0 atom stereocenters. The van der Waals surface area contributed by atoms with Crippen LogP contribution in [0, 0.1) is 6.92 Å². The number of nitrogens with two attached hydrogens (primary N) is 1. The molecule has 0 unspecified atom stereocenters.